The molecule has 0 aliphatic rings. The third-order valence-corrected chi connectivity index (χ3v) is 3.14. The zero-order valence-corrected chi connectivity index (χ0v) is 16.1. The normalized spacial score (nSPS) is 10.7. The number of hydrogen-bond acceptors (Lipinski definition) is 3. The lowest BCUT2D eigenvalue weighted by Crippen LogP contribution is -2.36. The van der Waals surface area contributed by atoms with E-state index in [0.29, 0.717) is 25.7 Å². The van der Waals surface area contributed by atoms with Gasteiger partial charge in [0.05, 0.1) is 18.8 Å². The fraction of sp³-hybridized carbons (Fsp3) is 0.294. The van der Waals surface area contributed by atoms with Crippen LogP contribution < -0.4 is 15.4 Å². The molecule has 0 fully saturated rings. The van der Waals surface area contributed by atoms with E-state index in [9.17, 15) is 4.39 Å². The standard InChI is InChI=1S/C17H21FN4O.HI/c1-3-23-16-8-7-13(10-15(16)18)11-21-17(19-2)22-12-14-6-4-5-9-20-14;/h4-10H,3,11-12H2,1-2H3,(H2,19,21,22);1H. The molecule has 7 heteroatoms. The molecule has 0 aliphatic carbocycles. The van der Waals surface area contributed by atoms with Crippen LogP contribution in [0.4, 0.5) is 4.39 Å². The van der Waals surface area contributed by atoms with Gasteiger partial charge in [-0.25, -0.2) is 4.39 Å². The van der Waals surface area contributed by atoms with Gasteiger partial charge in [-0.15, -0.1) is 24.0 Å². The fourth-order valence-corrected chi connectivity index (χ4v) is 2.01. The van der Waals surface area contributed by atoms with E-state index in [4.69, 9.17) is 4.74 Å². The lowest BCUT2D eigenvalue weighted by molar-refractivity contribution is 0.321. The predicted molar refractivity (Wildman–Crippen MR) is 104 cm³/mol. The highest BCUT2D eigenvalue weighted by Gasteiger charge is 2.05. The summed E-state index contributed by atoms with van der Waals surface area (Å²) in [5.41, 5.74) is 1.73. The van der Waals surface area contributed by atoms with E-state index >= 15 is 0 Å². The number of nitrogens with zero attached hydrogens (tertiary/aromatic N) is 2. The fourth-order valence-electron chi connectivity index (χ4n) is 2.01. The van der Waals surface area contributed by atoms with E-state index in [0.717, 1.165) is 11.3 Å². The largest absolute Gasteiger partial charge is 0.491 e. The van der Waals surface area contributed by atoms with Gasteiger partial charge in [-0.3, -0.25) is 9.98 Å². The number of ether oxygens (including phenoxy) is 1. The maximum atomic E-state index is 13.8. The zero-order chi connectivity index (χ0) is 16.5. The Morgan fingerprint density at radius 3 is 2.62 bits per heavy atom. The molecule has 0 amide bonds. The first kappa shape index (κ1) is 20.1. The summed E-state index contributed by atoms with van der Waals surface area (Å²) in [6, 6.07) is 10.7. The van der Waals surface area contributed by atoms with Crippen LogP contribution in [0.15, 0.2) is 47.6 Å². The molecular weight excluding hydrogens is 422 g/mol. The molecule has 130 valence electrons. The maximum absolute atomic E-state index is 13.8. The molecule has 2 rings (SSSR count). The molecule has 0 unspecified atom stereocenters. The molecular formula is C17H22FIN4O. The molecule has 2 N–H and O–H groups in total. The van der Waals surface area contributed by atoms with Crippen molar-refractivity contribution in [2.24, 2.45) is 4.99 Å². The quantitative estimate of drug-likeness (QED) is 0.409. The number of halogens is 2. The van der Waals surface area contributed by atoms with Gasteiger partial charge in [0.1, 0.15) is 0 Å². The van der Waals surface area contributed by atoms with Crippen LogP contribution in [0.2, 0.25) is 0 Å². The Kier molecular flexibility index (Phi) is 9.06. The highest BCUT2D eigenvalue weighted by molar-refractivity contribution is 14.0. The predicted octanol–water partition coefficient (Wildman–Crippen LogP) is 3.10. The molecule has 0 saturated heterocycles. The van der Waals surface area contributed by atoms with Crippen molar-refractivity contribution in [1.29, 1.82) is 0 Å². The van der Waals surface area contributed by atoms with Crippen LogP contribution in [-0.4, -0.2) is 24.6 Å². The Hall–Kier alpha value is -1.90. The summed E-state index contributed by atoms with van der Waals surface area (Å²) in [6.45, 7) is 3.30. The Bertz CT molecular complexity index is 652. The third kappa shape index (κ3) is 6.31. The van der Waals surface area contributed by atoms with Crippen LogP contribution in [0, 0.1) is 5.82 Å². The monoisotopic (exact) mass is 444 g/mol. The first-order chi connectivity index (χ1) is 11.2. The number of hydrogen-bond donors (Lipinski definition) is 2. The minimum Gasteiger partial charge on any atom is -0.491 e. The van der Waals surface area contributed by atoms with Gasteiger partial charge >= 0.3 is 0 Å². The van der Waals surface area contributed by atoms with E-state index in [1.165, 1.54) is 6.07 Å². The van der Waals surface area contributed by atoms with Crippen LogP contribution in [-0.2, 0) is 13.1 Å². The van der Waals surface area contributed by atoms with Crippen LogP contribution in [0.25, 0.3) is 0 Å². The van der Waals surface area contributed by atoms with E-state index in [1.54, 1.807) is 19.3 Å². The van der Waals surface area contributed by atoms with Crippen LogP contribution >= 0.6 is 24.0 Å². The van der Waals surface area contributed by atoms with Crippen LogP contribution in [0.5, 0.6) is 5.75 Å². The highest BCUT2D eigenvalue weighted by atomic mass is 127. The minimum absolute atomic E-state index is 0. The SMILES string of the molecule is CCOc1ccc(CNC(=NC)NCc2ccccn2)cc1F.I. The number of aliphatic imine (C=N–C) groups is 1. The summed E-state index contributed by atoms with van der Waals surface area (Å²) in [6.07, 6.45) is 1.75. The van der Waals surface area contributed by atoms with Crippen molar-refractivity contribution in [1.82, 2.24) is 15.6 Å². The molecule has 1 aromatic carbocycles. The lowest BCUT2D eigenvalue weighted by Gasteiger charge is -2.12. The molecule has 5 nitrogen and oxygen atoms in total. The Labute approximate surface area is 158 Å². The number of rotatable bonds is 6. The number of nitrogens with one attached hydrogen (secondary N) is 2. The third-order valence-electron chi connectivity index (χ3n) is 3.14. The molecule has 0 aliphatic heterocycles. The molecule has 0 saturated carbocycles. The average molecular weight is 444 g/mol. The van der Waals surface area contributed by atoms with Crippen LogP contribution in [0.3, 0.4) is 0 Å². The summed E-state index contributed by atoms with van der Waals surface area (Å²) in [4.78, 5) is 8.37. The molecule has 0 bridgehead atoms. The second-order valence-electron chi connectivity index (χ2n) is 4.80. The Morgan fingerprint density at radius 2 is 2.00 bits per heavy atom. The minimum atomic E-state index is -0.359. The lowest BCUT2D eigenvalue weighted by atomic mass is 10.2. The highest BCUT2D eigenvalue weighted by Crippen LogP contribution is 2.18. The van der Waals surface area contributed by atoms with E-state index < -0.39 is 0 Å². The molecule has 0 atom stereocenters. The molecule has 24 heavy (non-hydrogen) atoms. The summed E-state index contributed by atoms with van der Waals surface area (Å²) in [7, 11) is 1.69. The first-order valence-electron chi connectivity index (χ1n) is 7.48. The number of pyridine rings is 1. The van der Waals surface area contributed by atoms with Crippen molar-refractivity contribution < 1.29 is 9.13 Å². The number of guanidine groups is 1. The van der Waals surface area contributed by atoms with Crippen molar-refractivity contribution >= 4 is 29.9 Å². The van der Waals surface area contributed by atoms with Gasteiger partial charge in [0.2, 0.25) is 0 Å². The topological polar surface area (TPSA) is 58.5 Å². The smallest absolute Gasteiger partial charge is 0.191 e. The molecule has 2 aromatic rings. The van der Waals surface area contributed by atoms with Crippen molar-refractivity contribution in [2.45, 2.75) is 20.0 Å². The van der Waals surface area contributed by atoms with E-state index in [1.807, 2.05) is 31.2 Å². The first-order valence-corrected chi connectivity index (χ1v) is 7.48. The summed E-state index contributed by atoms with van der Waals surface area (Å²) in [5.74, 6) is 0.543. The summed E-state index contributed by atoms with van der Waals surface area (Å²) < 4.78 is 19.0. The van der Waals surface area contributed by atoms with Crippen molar-refractivity contribution in [2.75, 3.05) is 13.7 Å². The van der Waals surface area contributed by atoms with Gasteiger partial charge in [-0.05, 0) is 36.8 Å². The molecule has 0 radical (unpaired) electrons. The van der Waals surface area contributed by atoms with E-state index in [-0.39, 0.29) is 35.5 Å². The van der Waals surface area contributed by atoms with E-state index in [2.05, 4.69) is 20.6 Å². The van der Waals surface area contributed by atoms with Gasteiger partial charge in [-0.1, -0.05) is 12.1 Å². The van der Waals surface area contributed by atoms with Gasteiger partial charge in [-0.2, -0.15) is 0 Å². The summed E-state index contributed by atoms with van der Waals surface area (Å²) in [5, 5.41) is 6.30. The number of benzene rings is 1. The van der Waals surface area contributed by atoms with Gasteiger partial charge in [0, 0.05) is 19.8 Å². The van der Waals surface area contributed by atoms with Crippen molar-refractivity contribution in [3.63, 3.8) is 0 Å². The summed E-state index contributed by atoms with van der Waals surface area (Å²) >= 11 is 0. The molecule has 1 heterocycles. The maximum Gasteiger partial charge on any atom is 0.191 e. The average Bonchev–Trinajstić information content (AvgIpc) is 2.58. The second kappa shape index (κ2) is 10.8. The van der Waals surface area contributed by atoms with Crippen molar-refractivity contribution in [3.05, 3.63) is 59.7 Å². The van der Waals surface area contributed by atoms with Gasteiger partial charge < -0.3 is 15.4 Å². The molecule has 1 aromatic heterocycles. The van der Waals surface area contributed by atoms with Gasteiger partial charge in [0.15, 0.2) is 17.5 Å². The van der Waals surface area contributed by atoms with Crippen molar-refractivity contribution in [3.8, 4) is 5.75 Å². The molecule has 0 spiro atoms. The zero-order valence-electron chi connectivity index (χ0n) is 13.8. The van der Waals surface area contributed by atoms with Gasteiger partial charge in [0.25, 0.3) is 0 Å². The van der Waals surface area contributed by atoms with Crippen LogP contribution in [0.1, 0.15) is 18.2 Å². The number of aromatic nitrogens is 1. The Morgan fingerprint density at radius 1 is 1.21 bits per heavy atom. The Balaban J connectivity index is 0.00000288. The second-order valence-corrected chi connectivity index (χ2v) is 4.80.